The van der Waals surface area contributed by atoms with Gasteiger partial charge < -0.3 is 0 Å². The first-order chi connectivity index (χ1) is 5.74. The van der Waals surface area contributed by atoms with Crippen LogP contribution in [0, 0.1) is 6.92 Å². The molecule has 0 saturated carbocycles. The summed E-state index contributed by atoms with van der Waals surface area (Å²) in [6, 6.07) is 7.87. The van der Waals surface area contributed by atoms with Gasteiger partial charge in [-0.05, 0) is 19.4 Å². The minimum absolute atomic E-state index is 0.0811. The van der Waals surface area contributed by atoms with E-state index in [1.54, 1.807) is 6.08 Å². The van der Waals surface area contributed by atoms with Crippen LogP contribution in [0.25, 0.3) is 0 Å². The Morgan fingerprint density at radius 1 is 1.50 bits per heavy atom. The zero-order chi connectivity index (χ0) is 8.97. The number of hydrogen-bond acceptors (Lipinski definition) is 2. The molecule has 0 amide bonds. The fourth-order valence-corrected chi connectivity index (χ4v) is 1.08. The van der Waals surface area contributed by atoms with Crippen molar-refractivity contribution in [1.82, 2.24) is 0 Å². The lowest BCUT2D eigenvalue weighted by molar-refractivity contribution is 0.559. The Balaban J connectivity index is 2.94. The average molecular weight is 161 g/mol. The Labute approximate surface area is 71.9 Å². The van der Waals surface area contributed by atoms with E-state index in [0.717, 1.165) is 5.56 Å². The van der Waals surface area contributed by atoms with Crippen LogP contribution in [-0.4, -0.2) is 6.08 Å². The number of nitrogens with zero attached hydrogens (tertiary/aromatic N) is 1. The third-order valence-electron chi connectivity index (χ3n) is 1.77. The first kappa shape index (κ1) is 8.69. The maximum atomic E-state index is 9.98. The van der Waals surface area contributed by atoms with Crippen LogP contribution in [0.4, 0.5) is 0 Å². The fraction of sp³-hybridized carbons (Fsp3) is 0.300. The van der Waals surface area contributed by atoms with Crippen molar-refractivity contribution in [2.24, 2.45) is 4.99 Å². The van der Waals surface area contributed by atoms with Crippen LogP contribution in [0.1, 0.15) is 24.1 Å². The smallest absolute Gasteiger partial charge is 0.211 e. The summed E-state index contributed by atoms with van der Waals surface area (Å²) in [6.45, 7) is 3.89. The summed E-state index contributed by atoms with van der Waals surface area (Å²) in [5.74, 6) is 0. The summed E-state index contributed by atoms with van der Waals surface area (Å²) >= 11 is 0. The van der Waals surface area contributed by atoms with Gasteiger partial charge in [0, 0.05) is 0 Å². The first-order valence-electron chi connectivity index (χ1n) is 3.87. The second-order valence-electron chi connectivity index (χ2n) is 2.81. The maximum Gasteiger partial charge on any atom is 0.235 e. The molecular weight excluding hydrogens is 150 g/mol. The van der Waals surface area contributed by atoms with Crippen LogP contribution in [0.5, 0.6) is 0 Å². The van der Waals surface area contributed by atoms with Gasteiger partial charge in [0.1, 0.15) is 0 Å². The molecule has 62 valence electrons. The van der Waals surface area contributed by atoms with Crippen molar-refractivity contribution in [3.63, 3.8) is 0 Å². The molecule has 1 rings (SSSR count). The van der Waals surface area contributed by atoms with Gasteiger partial charge in [0.15, 0.2) is 0 Å². The third kappa shape index (κ3) is 2.04. The van der Waals surface area contributed by atoms with Crippen molar-refractivity contribution < 1.29 is 4.79 Å². The molecule has 0 bridgehead atoms. The van der Waals surface area contributed by atoms with E-state index in [2.05, 4.69) is 4.99 Å². The Hall–Kier alpha value is -1.40. The lowest BCUT2D eigenvalue weighted by Crippen LogP contribution is -1.88. The number of isocyanates is 1. The van der Waals surface area contributed by atoms with Gasteiger partial charge in [-0.2, -0.15) is 4.99 Å². The lowest BCUT2D eigenvalue weighted by Gasteiger charge is -2.04. The van der Waals surface area contributed by atoms with E-state index in [9.17, 15) is 4.79 Å². The van der Waals surface area contributed by atoms with Crippen LogP contribution in [-0.2, 0) is 4.79 Å². The van der Waals surface area contributed by atoms with Crippen molar-refractivity contribution in [1.29, 1.82) is 0 Å². The molecule has 0 aliphatic rings. The van der Waals surface area contributed by atoms with Gasteiger partial charge in [0.2, 0.25) is 6.08 Å². The summed E-state index contributed by atoms with van der Waals surface area (Å²) in [5.41, 5.74) is 2.23. The quantitative estimate of drug-likeness (QED) is 0.483. The molecule has 0 N–H and O–H groups in total. The van der Waals surface area contributed by atoms with Gasteiger partial charge in [-0.1, -0.05) is 29.8 Å². The number of hydrogen-bond donors (Lipinski definition) is 0. The summed E-state index contributed by atoms with van der Waals surface area (Å²) < 4.78 is 0. The predicted octanol–water partition coefficient (Wildman–Crippen LogP) is 2.39. The van der Waals surface area contributed by atoms with E-state index in [1.807, 2.05) is 38.1 Å². The first-order valence-corrected chi connectivity index (χ1v) is 3.87. The SMILES string of the molecule is Cc1cccc([C@H](C)N=C=O)c1. The van der Waals surface area contributed by atoms with Crippen LogP contribution in [0.2, 0.25) is 0 Å². The monoisotopic (exact) mass is 161 g/mol. The molecule has 1 aromatic rings. The van der Waals surface area contributed by atoms with E-state index in [0.29, 0.717) is 0 Å². The van der Waals surface area contributed by atoms with Gasteiger partial charge >= 0.3 is 0 Å². The van der Waals surface area contributed by atoms with Gasteiger partial charge in [0.05, 0.1) is 6.04 Å². The molecule has 1 aromatic carbocycles. The van der Waals surface area contributed by atoms with E-state index < -0.39 is 0 Å². The predicted molar refractivity (Wildman–Crippen MR) is 47.7 cm³/mol. The molecular formula is C10H11NO. The summed E-state index contributed by atoms with van der Waals surface area (Å²) in [6.07, 6.45) is 1.56. The molecule has 0 aliphatic heterocycles. The standard InChI is InChI=1S/C10H11NO/c1-8-4-3-5-10(6-8)9(2)11-7-12/h3-6,9H,1-2H3/t9-/m0/s1. The molecule has 1 atom stereocenters. The molecule has 2 nitrogen and oxygen atoms in total. The second-order valence-corrected chi connectivity index (χ2v) is 2.81. The number of aliphatic imine (C=N–C) groups is 1. The van der Waals surface area contributed by atoms with Gasteiger partial charge in [0.25, 0.3) is 0 Å². The Morgan fingerprint density at radius 2 is 2.25 bits per heavy atom. The Morgan fingerprint density at radius 3 is 2.83 bits per heavy atom. The largest absolute Gasteiger partial charge is 0.235 e. The zero-order valence-electron chi connectivity index (χ0n) is 7.24. The molecule has 0 aliphatic carbocycles. The summed E-state index contributed by atoms with van der Waals surface area (Å²) in [5, 5.41) is 0. The highest BCUT2D eigenvalue weighted by molar-refractivity contribution is 5.35. The lowest BCUT2D eigenvalue weighted by atomic mass is 10.1. The highest BCUT2D eigenvalue weighted by Crippen LogP contribution is 2.16. The minimum atomic E-state index is -0.0811. The molecule has 0 heterocycles. The number of aryl methyl sites for hydroxylation is 1. The van der Waals surface area contributed by atoms with Gasteiger partial charge in [-0.15, -0.1) is 0 Å². The molecule has 12 heavy (non-hydrogen) atoms. The van der Waals surface area contributed by atoms with Crippen molar-refractivity contribution in [3.8, 4) is 0 Å². The topological polar surface area (TPSA) is 29.4 Å². The molecule has 2 heteroatoms. The number of carbonyl (C=O) groups excluding carboxylic acids is 1. The van der Waals surface area contributed by atoms with Gasteiger partial charge in [-0.3, -0.25) is 0 Å². The highest BCUT2D eigenvalue weighted by atomic mass is 16.1. The molecule has 0 spiro atoms. The van der Waals surface area contributed by atoms with Crippen LogP contribution in [0.15, 0.2) is 29.3 Å². The maximum absolute atomic E-state index is 9.98. The summed E-state index contributed by atoms with van der Waals surface area (Å²) in [4.78, 5) is 13.6. The molecule has 0 unspecified atom stereocenters. The van der Waals surface area contributed by atoms with Crippen LogP contribution >= 0.6 is 0 Å². The van der Waals surface area contributed by atoms with Crippen molar-refractivity contribution in [2.45, 2.75) is 19.9 Å². The minimum Gasteiger partial charge on any atom is -0.211 e. The van der Waals surface area contributed by atoms with E-state index in [1.165, 1.54) is 5.56 Å². The van der Waals surface area contributed by atoms with E-state index >= 15 is 0 Å². The van der Waals surface area contributed by atoms with Crippen molar-refractivity contribution in [2.75, 3.05) is 0 Å². The molecule has 0 fully saturated rings. The molecule has 0 saturated heterocycles. The van der Waals surface area contributed by atoms with E-state index in [4.69, 9.17) is 0 Å². The van der Waals surface area contributed by atoms with Crippen LogP contribution in [0.3, 0.4) is 0 Å². The fourth-order valence-electron chi connectivity index (χ4n) is 1.08. The summed E-state index contributed by atoms with van der Waals surface area (Å²) in [7, 11) is 0. The number of benzene rings is 1. The Bertz CT molecular complexity index is 313. The van der Waals surface area contributed by atoms with E-state index in [-0.39, 0.29) is 6.04 Å². The van der Waals surface area contributed by atoms with Crippen LogP contribution < -0.4 is 0 Å². The zero-order valence-corrected chi connectivity index (χ0v) is 7.24. The molecule has 0 aromatic heterocycles. The second kappa shape index (κ2) is 3.84. The normalized spacial score (nSPS) is 11.8. The van der Waals surface area contributed by atoms with Crippen molar-refractivity contribution >= 4 is 6.08 Å². The molecule has 0 radical (unpaired) electrons. The average Bonchev–Trinajstić information content (AvgIpc) is 2.05. The number of rotatable bonds is 2. The van der Waals surface area contributed by atoms with Crippen molar-refractivity contribution in [3.05, 3.63) is 35.4 Å². The van der Waals surface area contributed by atoms with Gasteiger partial charge in [-0.25, -0.2) is 4.79 Å². The third-order valence-corrected chi connectivity index (χ3v) is 1.77. The highest BCUT2D eigenvalue weighted by Gasteiger charge is 2.01. The Kier molecular flexibility index (Phi) is 2.78.